The Hall–Kier alpha value is -2.31. The van der Waals surface area contributed by atoms with E-state index >= 15 is 0 Å². The van der Waals surface area contributed by atoms with Gasteiger partial charge in [0, 0.05) is 0 Å². The number of nitriles is 1. The predicted octanol–water partition coefficient (Wildman–Crippen LogP) is 3.79. The van der Waals surface area contributed by atoms with Gasteiger partial charge in [0.25, 0.3) is 0 Å². The molecule has 3 nitrogen and oxygen atoms in total. The van der Waals surface area contributed by atoms with Gasteiger partial charge in [-0.25, -0.2) is 0 Å². The summed E-state index contributed by atoms with van der Waals surface area (Å²) in [6.07, 6.45) is 0. The zero-order valence-electron chi connectivity index (χ0n) is 10.9. The largest absolute Gasteiger partial charge is 0.323 e. The van der Waals surface area contributed by atoms with Gasteiger partial charge in [-0.2, -0.15) is 5.26 Å². The van der Waals surface area contributed by atoms with Crippen molar-refractivity contribution in [2.45, 2.75) is 12.3 Å². The fraction of sp³-hybridized carbons (Fsp3) is 0.125. The van der Waals surface area contributed by atoms with E-state index in [9.17, 15) is 4.79 Å². The number of nitrogens with zero attached hydrogens (tertiary/aromatic N) is 1. The van der Waals surface area contributed by atoms with Gasteiger partial charge in [0.2, 0.25) is 5.91 Å². The third-order valence-corrected chi connectivity index (χ3v) is 3.42. The molecule has 1 N–H and O–H groups in total. The smallest absolute Gasteiger partial charge is 0.247 e. The number of carbonyl (C=O) groups excluding carboxylic acids is 1. The SMILES string of the molecule is Cc1cccc(NC(=O)C(Cl)c2ccccc2)c1C#N. The first-order valence-corrected chi connectivity index (χ1v) is 6.56. The van der Waals surface area contributed by atoms with E-state index in [0.29, 0.717) is 11.3 Å². The molecule has 0 bridgehead atoms. The van der Waals surface area contributed by atoms with Crippen molar-refractivity contribution in [1.82, 2.24) is 0 Å². The number of carbonyl (C=O) groups is 1. The minimum Gasteiger partial charge on any atom is -0.323 e. The molecule has 0 aliphatic carbocycles. The lowest BCUT2D eigenvalue weighted by molar-refractivity contribution is -0.116. The molecule has 0 saturated heterocycles. The topological polar surface area (TPSA) is 52.9 Å². The van der Waals surface area contributed by atoms with E-state index in [-0.39, 0.29) is 5.91 Å². The van der Waals surface area contributed by atoms with Crippen molar-refractivity contribution in [2.24, 2.45) is 0 Å². The summed E-state index contributed by atoms with van der Waals surface area (Å²) < 4.78 is 0. The Morgan fingerprint density at radius 1 is 1.20 bits per heavy atom. The van der Waals surface area contributed by atoms with Crippen LogP contribution in [0, 0.1) is 18.3 Å². The minimum absolute atomic E-state index is 0.347. The first-order chi connectivity index (χ1) is 9.63. The number of aryl methyl sites for hydroxylation is 1. The van der Waals surface area contributed by atoms with Crippen molar-refractivity contribution in [1.29, 1.82) is 5.26 Å². The molecule has 20 heavy (non-hydrogen) atoms. The van der Waals surface area contributed by atoms with Gasteiger partial charge in [0.1, 0.15) is 11.4 Å². The standard InChI is InChI=1S/C16H13ClN2O/c1-11-6-5-9-14(13(11)10-18)19-16(20)15(17)12-7-3-2-4-8-12/h2-9,15H,1H3,(H,19,20). The van der Waals surface area contributed by atoms with Crippen molar-refractivity contribution in [3.63, 3.8) is 0 Å². The van der Waals surface area contributed by atoms with Crippen LogP contribution in [0.1, 0.15) is 22.1 Å². The molecule has 0 aromatic heterocycles. The van der Waals surface area contributed by atoms with Crippen molar-refractivity contribution in [3.8, 4) is 6.07 Å². The molecule has 0 spiro atoms. The van der Waals surface area contributed by atoms with E-state index in [4.69, 9.17) is 16.9 Å². The van der Waals surface area contributed by atoms with Crippen LogP contribution in [0.5, 0.6) is 0 Å². The molecule has 0 saturated carbocycles. The van der Waals surface area contributed by atoms with Crippen molar-refractivity contribution < 1.29 is 4.79 Å². The molecule has 1 atom stereocenters. The second-order valence-electron chi connectivity index (χ2n) is 4.37. The fourth-order valence-electron chi connectivity index (χ4n) is 1.89. The number of hydrogen-bond acceptors (Lipinski definition) is 2. The zero-order valence-corrected chi connectivity index (χ0v) is 11.7. The maximum atomic E-state index is 12.1. The molecule has 2 rings (SSSR count). The molecule has 2 aromatic carbocycles. The lowest BCUT2D eigenvalue weighted by Crippen LogP contribution is -2.18. The summed E-state index contributed by atoms with van der Waals surface area (Å²) in [4.78, 5) is 12.1. The third kappa shape index (κ3) is 2.98. The third-order valence-electron chi connectivity index (χ3n) is 2.96. The van der Waals surface area contributed by atoms with E-state index in [0.717, 1.165) is 11.1 Å². The van der Waals surface area contributed by atoms with Gasteiger partial charge in [-0.1, -0.05) is 42.5 Å². The monoisotopic (exact) mass is 284 g/mol. The molecule has 2 aromatic rings. The Morgan fingerprint density at radius 2 is 1.90 bits per heavy atom. The quantitative estimate of drug-likeness (QED) is 0.872. The van der Waals surface area contributed by atoms with Gasteiger partial charge in [-0.3, -0.25) is 4.79 Å². The number of hydrogen-bond donors (Lipinski definition) is 1. The minimum atomic E-state index is -0.789. The van der Waals surface area contributed by atoms with Crippen LogP contribution in [0.2, 0.25) is 0 Å². The molecule has 4 heteroatoms. The highest BCUT2D eigenvalue weighted by Crippen LogP contribution is 2.24. The van der Waals surface area contributed by atoms with E-state index in [1.165, 1.54) is 0 Å². The van der Waals surface area contributed by atoms with Crippen LogP contribution in [0.4, 0.5) is 5.69 Å². The molecule has 0 fully saturated rings. The summed E-state index contributed by atoms with van der Waals surface area (Å²) in [5.41, 5.74) is 2.48. The Labute approximate surface area is 122 Å². The van der Waals surface area contributed by atoms with Gasteiger partial charge >= 0.3 is 0 Å². The molecule has 0 aliphatic heterocycles. The number of alkyl halides is 1. The molecule has 100 valence electrons. The van der Waals surface area contributed by atoms with Crippen molar-refractivity contribution in [2.75, 3.05) is 5.32 Å². The Bertz CT molecular complexity index is 662. The van der Waals surface area contributed by atoms with Crippen LogP contribution < -0.4 is 5.32 Å². The Balaban J connectivity index is 2.21. The van der Waals surface area contributed by atoms with E-state index in [1.807, 2.05) is 31.2 Å². The Kier molecular flexibility index (Phi) is 4.39. The molecule has 1 unspecified atom stereocenters. The molecule has 1 amide bonds. The first-order valence-electron chi connectivity index (χ1n) is 6.13. The molecule has 0 aliphatic rings. The summed E-state index contributed by atoms with van der Waals surface area (Å²) >= 11 is 6.15. The average molecular weight is 285 g/mol. The summed E-state index contributed by atoms with van der Waals surface area (Å²) in [6, 6.07) is 16.5. The highest BCUT2D eigenvalue weighted by Gasteiger charge is 2.18. The first kappa shape index (κ1) is 14.1. The summed E-state index contributed by atoms with van der Waals surface area (Å²) in [7, 11) is 0. The predicted molar refractivity (Wildman–Crippen MR) is 79.6 cm³/mol. The van der Waals surface area contributed by atoms with Gasteiger partial charge in [-0.15, -0.1) is 11.6 Å². The van der Waals surface area contributed by atoms with Crippen LogP contribution in [-0.2, 0) is 4.79 Å². The van der Waals surface area contributed by atoms with E-state index in [2.05, 4.69) is 11.4 Å². The number of halogens is 1. The van der Waals surface area contributed by atoms with Crippen LogP contribution in [0.3, 0.4) is 0 Å². The van der Waals surface area contributed by atoms with Gasteiger partial charge in [0.15, 0.2) is 0 Å². The fourth-order valence-corrected chi connectivity index (χ4v) is 2.09. The van der Waals surface area contributed by atoms with Crippen molar-refractivity contribution in [3.05, 3.63) is 65.2 Å². The van der Waals surface area contributed by atoms with Crippen LogP contribution in [0.15, 0.2) is 48.5 Å². The number of rotatable bonds is 3. The maximum Gasteiger partial charge on any atom is 0.247 e. The van der Waals surface area contributed by atoms with Crippen LogP contribution in [0.25, 0.3) is 0 Å². The van der Waals surface area contributed by atoms with Crippen LogP contribution in [-0.4, -0.2) is 5.91 Å². The molecule has 0 heterocycles. The van der Waals surface area contributed by atoms with Gasteiger partial charge < -0.3 is 5.32 Å². The second kappa shape index (κ2) is 6.23. The lowest BCUT2D eigenvalue weighted by atomic mass is 10.1. The number of nitrogens with one attached hydrogen (secondary N) is 1. The highest BCUT2D eigenvalue weighted by molar-refractivity contribution is 6.32. The normalized spacial score (nSPS) is 11.4. The van der Waals surface area contributed by atoms with E-state index < -0.39 is 5.38 Å². The second-order valence-corrected chi connectivity index (χ2v) is 4.81. The Morgan fingerprint density at radius 3 is 2.55 bits per heavy atom. The number of benzene rings is 2. The summed E-state index contributed by atoms with van der Waals surface area (Å²) in [5.74, 6) is -0.347. The summed E-state index contributed by atoms with van der Waals surface area (Å²) in [6.45, 7) is 1.82. The van der Waals surface area contributed by atoms with E-state index in [1.54, 1.807) is 24.3 Å². The number of anilines is 1. The average Bonchev–Trinajstić information content (AvgIpc) is 2.47. The van der Waals surface area contributed by atoms with Crippen molar-refractivity contribution >= 4 is 23.2 Å². The lowest BCUT2D eigenvalue weighted by Gasteiger charge is -2.12. The van der Waals surface area contributed by atoms with Gasteiger partial charge in [0.05, 0.1) is 11.3 Å². The summed E-state index contributed by atoms with van der Waals surface area (Å²) in [5, 5.41) is 11.1. The maximum absolute atomic E-state index is 12.1. The van der Waals surface area contributed by atoms with Crippen LogP contribution >= 0.6 is 11.6 Å². The van der Waals surface area contributed by atoms with Gasteiger partial charge in [-0.05, 0) is 24.1 Å². The number of amides is 1. The molecule has 0 radical (unpaired) electrons. The zero-order chi connectivity index (χ0) is 14.5. The molecular weight excluding hydrogens is 272 g/mol. The molecular formula is C16H13ClN2O. The highest BCUT2D eigenvalue weighted by atomic mass is 35.5.